The van der Waals surface area contributed by atoms with Crippen LogP contribution in [-0.4, -0.2) is 21.1 Å². The second-order valence-electron chi connectivity index (χ2n) is 5.91. The van der Waals surface area contributed by atoms with Crippen molar-refractivity contribution in [2.24, 2.45) is 5.10 Å². The molecule has 0 N–H and O–H groups in total. The van der Waals surface area contributed by atoms with Gasteiger partial charge < -0.3 is 0 Å². The van der Waals surface area contributed by atoms with E-state index in [0.717, 1.165) is 40.2 Å². The maximum Gasteiger partial charge on any atom is 0.212 e. The van der Waals surface area contributed by atoms with E-state index in [9.17, 15) is 0 Å². The topological polar surface area (TPSA) is 43.1 Å². The van der Waals surface area contributed by atoms with E-state index >= 15 is 0 Å². The van der Waals surface area contributed by atoms with Crippen LogP contribution in [0.25, 0.3) is 6.08 Å². The Hall–Kier alpha value is -2.37. The highest BCUT2D eigenvalue weighted by Crippen LogP contribution is 2.23. The molecule has 1 heterocycles. The summed E-state index contributed by atoms with van der Waals surface area (Å²) in [6.45, 7) is 2.12. The van der Waals surface area contributed by atoms with Crippen molar-refractivity contribution in [1.82, 2.24) is 14.9 Å². The van der Waals surface area contributed by atoms with Gasteiger partial charge in [-0.1, -0.05) is 78.8 Å². The molecule has 3 aromatic rings. The number of hydrogen-bond donors (Lipinski definition) is 0. The first-order valence-electron chi connectivity index (χ1n) is 8.84. The van der Waals surface area contributed by atoms with Gasteiger partial charge >= 0.3 is 0 Å². The minimum atomic E-state index is 0.743. The maximum atomic E-state index is 5.95. The number of nitrogens with zero attached hydrogens (tertiary/aromatic N) is 4. The van der Waals surface area contributed by atoms with Crippen LogP contribution in [0, 0.1) is 0 Å². The molecule has 0 saturated heterocycles. The summed E-state index contributed by atoms with van der Waals surface area (Å²) in [7, 11) is 0. The van der Waals surface area contributed by atoms with Gasteiger partial charge in [-0.05, 0) is 35.8 Å². The number of rotatable bonds is 8. The zero-order chi connectivity index (χ0) is 18.9. The minimum absolute atomic E-state index is 0.743. The number of halogens is 1. The van der Waals surface area contributed by atoms with E-state index in [4.69, 9.17) is 11.6 Å². The molecule has 0 fully saturated rings. The standard InChI is InChI=1S/C21H21ClN4S/c1-2-7-20-24-25-21(27-16-18-11-13-19(22)14-12-18)26(20)23-15-6-10-17-8-4-3-5-9-17/h3-6,8-15H,2,7,16H2,1H3/b10-6+,23-15-. The fourth-order valence-corrected chi connectivity index (χ4v) is 3.42. The van der Waals surface area contributed by atoms with Gasteiger partial charge in [0.25, 0.3) is 0 Å². The Morgan fingerprint density at radius 1 is 1.07 bits per heavy atom. The van der Waals surface area contributed by atoms with Gasteiger partial charge in [-0.3, -0.25) is 0 Å². The smallest absolute Gasteiger partial charge is 0.191 e. The molecule has 0 unspecified atom stereocenters. The van der Waals surface area contributed by atoms with Gasteiger partial charge in [-0.15, -0.1) is 10.2 Å². The Labute approximate surface area is 169 Å². The molecular weight excluding hydrogens is 376 g/mol. The summed E-state index contributed by atoms with van der Waals surface area (Å²) in [5.74, 6) is 1.66. The lowest BCUT2D eigenvalue weighted by molar-refractivity contribution is 0.700. The molecule has 0 spiro atoms. The molecule has 0 saturated carbocycles. The molecule has 2 aromatic carbocycles. The van der Waals surface area contributed by atoms with Crippen LogP contribution < -0.4 is 0 Å². The Balaban J connectivity index is 1.71. The number of aromatic nitrogens is 3. The zero-order valence-corrected chi connectivity index (χ0v) is 16.7. The largest absolute Gasteiger partial charge is 0.212 e. The quantitative estimate of drug-likeness (QED) is 0.361. The normalized spacial score (nSPS) is 11.6. The molecule has 0 aliphatic heterocycles. The third-order valence-electron chi connectivity index (χ3n) is 3.79. The summed E-state index contributed by atoms with van der Waals surface area (Å²) in [4.78, 5) is 0. The highest BCUT2D eigenvalue weighted by Gasteiger charge is 2.11. The molecule has 138 valence electrons. The van der Waals surface area contributed by atoms with E-state index in [1.165, 1.54) is 5.56 Å². The minimum Gasteiger partial charge on any atom is -0.191 e. The maximum absolute atomic E-state index is 5.95. The van der Waals surface area contributed by atoms with Crippen molar-refractivity contribution in [3.05, 3.63) is 82.6 Å². The first-order chi connectivity index (χ1) is 13.3. The summed E-state index contributed by atoms with van der Waals surface area (Å²) in [6, 6.07) is 18.0. The highest BCUT2D eigenvalue weighted by molar-refractivity contribution is 7.98. The summed E-state index contributed by atoms with van der Waals surface area (Å²) in [5, 5.41) is 14.7. The van der Waals surface area contributed by atoms with Crippen molar-refractivity contribution in [2.45, 2.75) is 30.7 Å². The van der Waals surface area contributed by atoms with Crippen LogP contribution in [0.2, 0.25) is 5.02 Å². The first kappa shape index (κ1) is 19.4. The van der Waals surface area contributed by atoms with Crippen LogP contribution >= 0.6 is 23.4 Å². The Bertz CT molecular complexity index is 902. The van der Waals surface area contributed by atoms with Gasteiger partial charge in [0.1, 0.15) is 0 Å². The number of aryl methyl sites for hydroxylation is 1. The van der Waals surface area contributed by atoms with Gasteiger partial charge in [-0.2, -0.15) is 9.78 Å². The van der Waals surface area contributed by atoms with Crippen molar-refractivity contribution in [1.29, 1.82) is 0 Å². The van der Waals surface area contributed by atoms with E-state index < -0.39 is 0 Å². The van der Waals surface area contributed by atoms with E-state index in [-0.39, 0.29) is 0 Å². The number of hydrogen-bond acceptors (Lipinski definition) is 4. The summed E-state index contributed by atoms with van der Waals surface area (Å²) < 4.78 is 1.83. The van der Waals surface area contributed by atoms with E-state index in [1.807, 2.05) is 59.3 Å². The Kier molecular flexibility index (Phi) is 7.25. The summed E-state index contributed by atoms with van der Waals surface area (Å²) >= 11 is 7.56. The van der Waals surface area contributed by atoms with Gasteiger partial charge in [0.05, 0.1) is 0 Å². The van der Waals surface area contributed by atoms with Crippen LogP contribution in [0.1, 0.15) is 30.3 Å². The molecule has 3 rings (SSSR count). The lowest BCUT2D eigenvalue weighted by Gasteiger charge is -2.04. The van der Waals surface area contributed by atoms with Crippen LogP contribution in [0.3, 0.4) is 0 Å². The molecule has 4 nitrogen and oxygen atoms in total. The van der Waals surface area contributed by atoms with Gasteiger partial charge in [0.2, 0.25) is 5.16 Å². The van der Waals surface area contributed by atoms with Crippen LogP contribution in [0.15, 0.2) is 70.9 Å². The monoisotopic (exact) mass is 396 g/mol. The molecule has 6 heteroatoms. The number of allylic oxidation sites excluding steroid dienone is 1. The summed E-state index contributed by atoms with van der Waals surface area (Å²) in [6.07, 6.45) is 7.57. The summed E-state index contributed by atoms with van der Waals surface area (Å²) in [5.41, 5.74) is 2.32. The molecule has 0 radical (unpaired) electrons. The number of benzene rings is 2. The van der Waals surface area contributed by atoms with Crippen molar-refractivity contribution in [3.8, 4) is 0 Å². The van der Waals surface area contributed by atoms with Crippen LogP contribution in [-0.2, 0) is 12.2 Å². The highest BCUT2D eigenvalue weighted by atomic mass is 35.5. The molecule has 0 aliphatic carbocycles. The molecule has 0 bridgehead atoms. The second-order valence-corrected chi connectivity index (χ2v) is 7.29. The SMILES string of the molecule is CCCc1nnc(SCc2ccc(Cl)cc2)n1/N=C\C=C\c1ccccc1. The average Bonchev–Trinajstić information content (AvgIpc) is 3.07. The van der Waals surface area contributed by atoms with Crippen LogP contribution in [0.4, 0.5) is 0 Å². The van der Waals surface area contributed by atoms with Crippen molar-refractivity contribution in [3.63, 3.8) is 0 Å². The van der Waals surface area contributed by atoms with E-state index in [1.54, 1.807) is 18.0 Å². The molecule has 0 aliphatic rings. The third kappa shape index (κ3) is 5.81. The van der Waals surface area contributed by atoms with E-state index in [0.29, 0.717) is 0 Å². The Morgan fingerprint density at radius 2 is 1.85 bits per heavy atom. The van der Waals surface area contributed by atoms with Crippen LogP contribution in [0.5, 0.6) is 0 Å². The second kappa shape index (κ2) is 10.1. The average molecular weight is 397 g/mol. The molecular formula is C21H21ClN4S. The van der Waals surface area contributed by atoms with Gasteiger partial charge in [0, 0.05) is 23.4 Å². The predicted octanol–water partition coefficient (Wildman–Crippen LogP) is 5.72. The van der Waals surface area contributed by atoms with Crippen molar-refractivity contribution in [2.75, 3.05) is 0 Å². The first-order valence-corrected chi connectivity index (χ1v) is 10.2. The number of thioether (sulfide) groups is 1. The molecule has 1 aromatic heterocycles. The molecule has 0 amide bonds. The van der Waals surface area contributed by atoms with Gasteiger partial charge in [-0.25, -0.2) is 0 Å². The lowest BCUT2D eigenvalue weighted by Crippen LogP contribution is -1.99. The van der Waals surface area contributed by atoms with Crippen molar-refractivity contribution >= 4 is 35.7 Å². The predicted molar refractivity (Wildman–Crippen MR) is 114 cm³/mol. The Morgan fingerprint density at radius 3 is 2.59 bits per heavy atom. The van der Waals surface area contributed by atoms with Crippen molar-refractivity contribution < 1.29 is 0 Å². The molecule has 0 atom stereocenters. The fourth-order valence-electron chi connectivity index (χ4n) is 2.43. The lowest BCUT2D eigenvalue weighted by atomic mass is 10.2. The van der Waals surface area contributed by atoms with Gasteiger partial charge in [0.15, 0.2) is 5.82 Å². The fraction of sp³-hybridized carbons (Fsp3) is 0.190. The van der Waals surface area contributed by atoms with E-state index in [2.05, 4.69) is 34.4 Å². The molecule has 27 heavy (non-hydrogen) atoms. The third-order valence-corrected chi connectivity index (χ3v) is 5.03. The zero-order valence-electron chi connectivity index (χ0n) is 15.1.